The molecule has 4 fully saturated rings. The van der Waals surface area contributed by atoms with Crippen LogP contribution in [-0.2, 0) is 4.74 Å². The van der Waals surface area contributed by atoms with E-state index in [-0.39, 0.29) is 29.9 Å². The molecule has 4 heterocycles. The largest absolute Gasteiger partial charge is 0.434 e. The molecule has 216 valence electrons. The van der Waals surface area contributed by atoms with Crippen LogP contribution in [0.25, 0.3) is 22.9 Å². The molecular weight excluding hydrogens is 508 g/mol. The smallest absolute Gasteiger partial charge is 0.384 e. The number of aromatic nitrogens is 6. The van der Waals surface area contributed by atoms with Crippen molar-refractivity contribution in [3.63, 3.8) is 0 Å². The standard InChI is InChI=1S/C29H42N8O3/c1-16-10-12-20(13-11-16)18(3)37-23-24(30-17(2)19-6-4-7-19)31-26(27-34-35-29(38)40-27)32-25(23)33-28(37)36-14-15-39-22-9-5-8-21(22)36/h16-22H,4-15H2,1-3H3,(H,35,38)(H,30,31,32)/t16?,17-,18?,20?,21?,22?/m1/s1. The van der Waals surface area contributed by atoms with Crippen molar-refractivity contribution in [2.24, 2.45) is 17.8 Å². The molecule has 4 aliphatic rings. The molecular formula is C29H42N8O3. The number of nitrogens with one attached hydrogen (secondary N) is 2. The lowest BCUT2D eigenvalue weighted by atomic mass is 9.79. The molecule has 0 radical (unpaired) electrons. The highest BCUT2D eigenvalue weighted by Gasteiger charge is 2.40. The van der Waals surface area contributed by atoms with Gasteiger partial charge in [-0.2, -0.15) is 4.98 Å². The topological polar surface area (TPSA) is 127 Å². The zero-order chi connectivity index (χ0) is 27.4. The van der Waals surface area contributed by atoms with Gasteiger partial charge < -0.3 is 23.9 Å². The van der Waals surface area contributed by atoms with E-state index in [0.717, 1.165) is 42.6 Å². The lowest BCUT2D eigenvalue weighted by Crippen LogP contribution is -2.50. The van der Waals surface area contributed by atoms with Crippen molar-refractivity contribution in [1.82, 2.24) is 29.7 Å². The van der Waals surface area contributed by atoms with E-state index < -0.39 is 5.76 Å². The molecule has 3 aliphatic carbocycles. The maximum absolute atomic E-state index is 11.8. The maximum Gasteiger partial charge on any atom is 0.434 e. The SMILES string of the molecule is CC1CCC(C(C)n2c(N3CCOC4CCCC43)nc3nc(-c4n[nH]c(=O)o4)nc(N[C@H](C)C4CCC4)c32)CC1. The normalized spacial score (nSPS) is 28.8. The quantitative estimate of drug-likeness (QED) is 0.421. The first-order chi connectivity index (χ1) is 19.5. The average Bonchev–Trinajstić information content (AvgIpc) is 3.65. The van der Waals surface area contributed by atoms with Gasteiger partial charge in [0.1, 0.15) is 5.52 Å². The van der Waals surface area contributed by atoms with Crippen LogP contribution >= 0.6 is 0 Å². The molecule has 7 rings (SSSR count). The molecule has 2 N–H and O–H groups in total. The monoisotopic (exact) mass is 550 g/mol. The van der Waals surface area contributed by atoms with Crippen LogP contribution < -0.4 is 16.0 Å². The minimum atomic E-state index is -0.622. The van der Waals surface area contributed by atoms with E-state index in [0.29, 0.717) is 30.1 Å². The van der Waals surface area contributed by atoms with Gasteiger partial charge in [0.15, 0.2) is 11.5 Å². The van der Waals surface area contributed by atoms with E-state index in [1.165, 1.54) is 51.4 Å². The minimum absolute atomic E-state index is 0.0823. The summed E-state index contributed by atoms with van der Waals surface area (Å²) in [5, 5.41) is 10.1. The van der Waals surface area contributed by atoms with Gasteiger partial charge in [0, 0.05) is 18.6 Å². The number of rotatable bonds is 7. The van der Waals surface area contributed by atoms with Crippen molar-refractivity contribution in [3.8, 4) is 11.7 Å². The average molecular weight is 551 g/mol. The Morgan fingerprint density at radius 2 is 1.77 bits per heavy atom. The number of anilines is 2. The molecule has 0 aromatic carbocycles. The number of morpholine rings is 1. The fourth-order valence-corrected chi connectivity index (χ4v) is 7.53. The molecule has 3 unspecified atom stereocenters. The van der Waals surface area contributed by atoms with E-state index in [9.17, 15) is 4.79 Å². The lowest BCUT2D eigenvalue weighted by molar-refractivity contribution is 0.0245. The summed E-state index contributed by atoms with van der Waals surface area (Å²) < 4.78 is 13.9. The first-order valence-electron chi connectivity index (χ1n) is 15.5. The summed E-state index contributed by atoms with van der Waals surface area (Å²) in [5.41, 5.74) is 1.56. The molecule has 1 saturated heterocycles. The molecule has 0 bridgehead atoms. The van der Waals surface area contributed by atoms with Gasteiger partial charge in [-0.25, -0.2) is 19.9 Å². The molecule has 0 spiro atoms. The number of hydrogen-bond acceptors (Lipinski definition) is 9. The Kier molecular flexibility index (Phi) is 6.80. The summed E-state index contributed by atoms with van der Waals surface area (Å²) in [7, 11) is 0. The van der Waals surface area contributed by atoms with Gasteiger partial charge in [0.2, 0.25) is 11.8 Å². The summed E-state index contributed by atoms with van der Waals surface area (Å²) in [6, 6.07) is 0.823. The summed E-state index contributed by atoms with van der Waals surface area (Å²) >= 11 is 0. The highest BCUT2D eigenvalue weighted by molar-refractivity contribution is 5.87. The number of aromatic amines is 1. The van der Waals surface area contributed by atoms with Crippen LogP contribution in [0.15, 0.2) is 9.21 Å². The molecule has 4 atom stereocenters. The van der Waals surface area contributed by atoms with Crippen molar-refractivity contribution >= 4 is 22.9 Å². The van der Waals surface area contributed by atoms with Crippen LogP contribution in [0.3, 0.4) is 0 Å². The maximum atomic E-state index is 11.8. The molecule has 1 aliphatic heterocycles. The van der Waals surface area contributed by atoms with Crippen molar-refractivity contribution < 1.29 is 9.15 Å². The van der Waals surface area contributed by atoms with Crippen LogP contribution in [0.2, 0.25) is 0 Å². The van der Waals surface area contributed by atoms with Gasteiger partial charge >= 0.3 is 5.76 Å². The number of nitrogens with zero attached hydrogens (tertiary/aromatic N) is 6. The molecule has 3 saturated carbocycles. The lowest BCUT2D eigenvalue weighted by Gasteiger charge is -2.40. The summed E-state index contributed by atoms with van der Waals surface area (Å²) in [6.07, 6.45) is 12.3. The van der Waals surface area contributed by atoms with Gasteiger partial charge in [0.05, 0.1) is 18.8 Å². The Hall–Kier alpha value is -2.95. The van der Waals surface area contributed by atoms with Gasteiger partial charge in [-0.1, -0.05) is 26.2 Å². The number of ether oxygens (including phenoxy) is 1. The molecule has 3 aromatic rings. The number of imidazole rings is 1. The Labute approximate surface area is 234 Å². The van der Waals surface area contributed by atoms with E-state index in [1.54, 1.807) is 0 Å². The van der Waals surface area contributed by atoms with E-state index in [2.05, 4.69) is 45.8 Å². The molecule has 0 amide bonds. The number of fused-ring (bicyclic) bond motifs is 2. The zero-order valence-corrected chi connectivity index (χ0v) is 23.9. The second-order valence-corrected chi connectivity index (χ2v) is 12.8. The third-order valence-corrected chi connectivity index (χ3v) is 10.3. The second-order valence-electron chi connectivity index (χ2n) is 12.8. The fraction of sp³-hybridized carbons (Fsp3) is 0.759. The third kappa shape index (κ3) is 4.59. The third-order valence-electron chi connectivity index (χ3n) is 10.3. The Bertz CT molecular complexity index is 1400. The second kappa shape index (κ2) is 10.5. The van der Waals surface area contributed by atoms with Gasteiger partial charge in [0.25, 0.3) is 5.89 Å². The summed E-state index contributed by atoms with van der Waals surface area (Å²) in [4.78, 5) is 29.3. The Morgan fingerprint density at radius 3 is 2.50 bits per heavy atom. The molecule has 40 heavy (non-hydrogen) atoms. The first-order valence-corrected chi connectivity index (χ1v) is 15.5. The van der Waals surface area contributed by atoms with Gasteiger partial charge in [-0.05, 0) is 76.5 Å². The van der Waals surface area contributed by atoms with Crippen LogP contribution in [-0.4, -0.2) is 61.1 Å². The van der Waals surface area contributed by atoms with E-state index in [1.807, 2.05) is 0 Å². The molecule has 3 aromatic heterocycles. The molecule has 11 heteroatoms. The van der Waals surface area contributed by atoms with Crippen LogP contribution in [0, 0.1) is 17.8 Å². The van der Waals surface area contributed by atoms with Crippen molar-refractivity contribution in [2.75, 3.05) is 23.4 Å². The number of H-pyrrole nitrogens is 1. The summed E-state index contributed by atoms with van der Waals surface area (Å²) in [6.45, 7) is 8.50. The van der Waals surface area contributed by atoms with Crippen molar-refractivity contribution in [1.29, 1.82) is 0 Å². The minimum Gasteiger partial charge on any atom is -0.384 e. The van der Waals surface area contributed by atoms with E-state index >= 15 is 0 Å². The highest BCUT2D eigenvalue weighted by Crippen LogP contribution is 2.43. The predicted octanol–water partition coefficient (Wildman–Crippen LogP) is 4.92. The summed E-state index contributed by atoms with van der Waals surface area (Å²) in [5.74, 6) is 3.41. The van der Waals surface area contributed by atoms with Gasteiger partial charge in [-0.3, -0.25) is 0 Å². The fourth-order valence-electron chi connectivity index (χ4n) is 7.53. The van der Waals surface area contributed by atoms with Crippen molar-refractivity contribution in [2.45, 2.75) is 109 Å². The predicted molar refractivity (Wildman–Crippen MR) is 152 cm³/mol. The van der Waals surface area contributed by atoms with Crippen LogP contribution in [0.1, 0.15) is 91.0 Å². The van der Waals surface area contributed by atoms with Crippen LogP contribution in [0.4, 0.5) is 11.8 Å². The highest BCUT2D eigenvalue weighted by atomic mass is 16.5. The van der Waals surface area contributed by atoms with Gasteiger partial charge in [-0.15, -0.1) is 5.10 Å². The number of hydrogen-bond donors (Lipinski definition) is 2. The Morgan fingerprint density at radius 1 is 0.975 bits per heavy atom. The van der Waals surface area contributed by atoms with E-state index in [4.69, 9.17) is 24.1 Å². The first kappa shape index (κ1) is 26.0. The zero-order valence-electron chi connectivity index (χ0n) is 23.9. The van der Waals surface area contributed by atoms with Crippen LogP contribution in [0.5, 0.6) is 0 Å². The van der Waals surface area contributed by atoms with Crippen molar-refractivity contribution in [3.05, 3.63) is 10.6 Å². The molecule has 11 nitrogen and oxygen atoms in total. The Balaban J connectivity index is 1.39.